The van der Waals surface area contributed by atoms with E-state index in [-0.39, 0.29) is 34.1 Å². The van der Waals surface area contributed by atoms with Gasteiger partial charge in [0, 0.05) is 5.56 Å². The van der Waals surface area contributed by atoms with E-state index in [4.69, 9.17) is 33.2 Å². The standard InChI is InChI=1S/C28H36O16/c1-38-15-4-3-5-16(39-2)19(15)26(37)40-10-12-8-13(30)6-7-14(12)42-28-25(36)23(34)21(32)18(44-28)11-41-27-24(35)22(33)20(31)17(9-29)43-27/h3-8,17-18,20-25,27-36H,9-11H2,1-2H3/t17-,18-,20-,21-,22+,23+,24-,25-,27-,28-/m1/s1. The second-order valence-corrected chi connectivity index (χ2v) is 10.1. The molecule has 0 aromatic heterocycles. The minimum atomic E-state index is -1.80. The Morgan fingerprint density at radius 3 is 1.98 bits per heavy atom. The molecule has 0 radical (unpaired) electrons. The van der Waals surface area contributed by atoms with Gasteiger partial charge in [-0.25, -0.2) is 4.79 Å². The maximum absolute atomic E-state index is 12.9. The third kappa shape index (κ3) is 7.16. The second-order valence-electron chi connectivity index (χ2n) is 10.1. The average molecular weight is 629 g/mol. The van der Waals surface area contributed by atoms with Crippen LogP contribution in [0.4, 0.5) is 0 Å². The smallest absolute Gasteiger partial charge is 0.346 e. The van der Waals surface area contributed by atoms with Crippen LogP contribution in [-0.4, -0.2) is 136 Å². The molecule has 8 N–H and O–H groups in total. The first-order valence-corrected chi connectivity index (χ1v) is 13.5. The Labute approximate surface area is 251 Å². The molecule has 0 unspecified atom stereocenters. The highest BCUT2D eigenvalue weighted by Crippen LogP contribution is 2.32. The topological polar surface area (TPSA) is 244 Å². The lowest BCUT2D eigenvalue weighted by Gasteiger charge is -2.42. The highest BCUT2D eigenvalue weighted by atomic mass is 16.7. The summed E-state index contributed by atoms with van der Waals surface area (Å²) < 4.78 is 38.0. The number of methoxy groups -OCH3 is 2. The molecule has 0 bridgehead atoms. The van der Waals surface area contributed by atoms with Crippen LogP contribution in [0.3, 0.4) is 0 Å². The van der Waals surface area contributed by atoms with Crippen LogP contribution in [0.15, 0.2) is 36.4 Å². The second kappa shape index (κ2) is 14.7. The summed E-state index contributed by atoms with van der Waals surface area (Å²) in [5.74, 6) is -0.644. The van der Waals surface area contributed by atoms with Crippen molar-refractivity contribution in [3.8, 4) is 23.0 Å². The zero-order valence-corrected chi connectivity index (χ0v) is 23.7. The largest absolute Gasteiger partial charge is 0.508 e. The normalized spacial score (nSPS) is 32.1. The molecule has 2 aliphatic rings. The fourth-order valence-electron chi connectivity index (χ4n) is 4.73. The van der Waals surface area contributed by atoms with E-state index in [9.17, 15) is 45.6 Å². The summed E-state index contributed by atoms with van der Waals surface area (Å²) in [6.07, 6.45) is -16.1. The number of carbonyl (C=O) groups excluding carboxylic acids is 1. The minimum Gasteiger partial charge on any atom is -0.508 e. The van der Waals surface area contributed by atoms with Crippen molar-refractivity contribution in [2.45, 2.75) is 68.0 Å². The van der Waals surface area contributed by atoms with Crippen molar-refractivity contribution in [1.29, 1.82) is 0 Å². The van der Waals surface area contributed by atoms with Gasteiger partial charge in [0.15, 0.2) is 6.29 Å². The van der Waals surface area contributed by atoms with E-state index >= 15 is 0 Å². The van der Waals surface area contributed by atoms with Gasteiger partial charge in [0.25, 0.3) is 0 Å². The van der Waals surface area contributed by atoms with Crippen molar-refractivity contribution >= 4 is 5.97 Å². The van der Waals surface area contributed by atoms with Gasteiger partial charge >= 0.3 is 5.97 Å². The van der Waals surface area contributed by atoms with E-state index in [0.717, 1.165) is 0 Å². The molecule has 0 amide bonds. The Morgan fingerprint density at radius 2 is 1.36 bits per heavy atom. The van der Waals surface area contributed by atoms with Crippen molar-refractivity contribution in [3.63, 3.8) is 0 Å². The summed E-state index contributed by atoms with van der Waals surface area (Å²) in [5, 5.41) is 81.1. The third-order valence-corrected chi connectivity index (χ3v) is 7.22. The number of esters is 1. The van der Waals surface area contributed by atoms with E-state index in [2.05, 4.69) is 0 Å². The first-order chi connectivity index (χ1) is 21.0. The Balaban J connectivity index is 1.46. The molecule has 0 aliphatic carbocycles. The molecule has 0 spiro atoms. The summed E-state index contributed by atoms with van der Waals surface area (Å²) in [6, 6.07) is 8.50. The molecule has 2 aromatic carbocycles. The third-order valence-electron chi connectivity index (χ3n) is 7.22. The Bertz CT molecular complexity index is 1230. The molecule has 44 heavy (non-hydrogen) atoms. The van der Waals surface area contributed by atoms with E-state index < -0.39 is 87.2 Å². The van der Waals surface area contributed by atoms with Crippen LogP contribution < -0.4 is 14.2 Å². The van der Waals surface area contributed by atoms with Gasteiger partial charge in [-0.3, -0.25) is 0 Å². The van der Waals surface area contributed by atoms with Crippen LogP contribution in [0.5, 0.6) is 23.0 Å². The molecule has 0 saturated carbocycles. The molecule has 244 valence electrons. The maximum Gasteiger partial charge on any atom is 0.346 e. The first-order valence-electron chi connectivity index (χ1n) is 13.5. The number of aliphatic hydroxyl groups excluding tert-OH is 7. The predicted molar refractivity (Wildman–Crippen MR) is 144 cm³/mol. The molecule has 10 atom stereocenters. The summed E-state index contributed by atoms with van der Waals surface area (Å²) >= 11 is 0. The fourth-order valence-corrected chi connectivity index (χ4v) is 4.73. The van der Waals surface area contributed by atoms with Gasteiger partial charge in [0.05, 0.1) is 27.4 Å². The van der Waals surface area contributed by atoms with Crippen LogP contribution in [0, 0.1) is 0 Å². The zero-order valence-electron chi connectivity index (χ0n) is 23.7. The van der Waals surface area contributed by atoms with Gasteiger partial charge in [0.2, 0.25) is 6.29 Å². The van der Waals surface area contributed by atoms with Gasteiger partial charge in [-0.15, -0.1) is 0 Å². The highest BCUT2D eigenvalue weighted by Gasteiger charge is 2.48. The number of aliphatic hydroxyl groups is 7. The van der Waals surface area contributed by atoms with Gasteiger partial charge in [0.1, 0.15) is 84.0 Å². The fraction of sp³-hybridized carbons (Fsp3) is 0.536. The number of hydrogen-bond donors (Lipinski definition) is 8. The molecule has 2 saturated heterocycles. The van der Waals surface area contributed by atoms with E-state index in [1.807, 2.05) is 0 Å². The van der Waals surface area contributed by atoms with Crippen LogP contribution >= 0.6 is 0 Å². The molecule has 4 rings (SSSR count). The maximum atomic E-state index is 12.9. The van der Waals surface area contributed by atoms with Gasteiger partial charge in [-0.2, -0.15) is 0 Å². The number of ether oxygens (including phenoxy) is 7. The number of aromatic hydroxyl groups is 1. The van der Waals surface area contributed by atoms with Crippen LogP contribution in [0.2, 0.25) is 0 Å². The number of carbonyl (C=O) groups is 1. The number of benzene rings is 2. The molecular weight excluding hydrogens is 592 g/mol. The van der Waals surface area contributed by atoms with Gasteiger partial charge in [-0.1, -0.05) is 6.07 Å². The Morgan fingerprint density at radius 1 is 0.773 bits per heavy atom. The van der Waals surface area contributed by atoms with Crippen molar-refractivity contribution < 1.29 is 78.8 Å². The lowest BCUT2D eigenvalue weighted by atomic mass is 9.98. The van der Waals surface area contributed by atoms with Crippen molar-refractivity contribution in [3.05, 3.63) is 47.5 Å². The summed E-state index contributed by atoms with van der Waals surface area (Å²) in [5.41, 5.74) is 0.156. The number of phenols is 1. The molecule has 16 heteroatoms. The lowest BCUT2D eigenvalue weighted by Crippen LogP contribution is -2.62. The van der Waals surface area contributed by atoms with Crippen LogP contribution in [-0.2, 0) is 25.6 Å². The van der Waals surface area contributed by atoms with Gasteiger partial charge < -0.3 is 74.0 Å². The van der Waals surface area contributed by atoms with Crippen molar-refractivity contribution in [1.82, 2.24) is 0 Å². The monoisotopic (exact) mass is 628 g/mol. The lowest BCUT2D eigenvalue weighted by molar-refractivity contribution is -0.323. The van der Waals surface area contributed by atoms with E-state index in [1.54, 1.807) is 18.2 Å². The van der Waals surface area contributed by atoms with E-state index in [1.165, 1.54) is 32.4 Å². The SMILES string of the molecule is COc1cccc(OC)c1C(=O)OCc1cc(O)ccc1O[C@@H]1O[C@H](CO[C@@H]2O[C@H](CO)[C@@H](O)[C@H](O)[C@H]2O)[C@@H](O)[C@H](O)[C@H]1O. The van der Waals surface area contributed by atoms with Crippen LogP contribution in [0.25, 0.3) is 0 Å². The molecule has 16 nitrogen and oxygen atoms in total. The average Bonchev–Trinajstić information content (AvgIpc) is 3.03. The zero-order chi connectivity index (χ0) is 32.1. The minimum absolute atomic E-state index is 0.0190. The summed E-state index contributed by atoms with van der Waals surface area (Å²) in [4.78, 5) is 12.9. The Hall–Kier alpha value is -3.29. The molecular formula is C28H36O16. The van der Waals surface area contributed by atoms with Crippen molar-refractivity contribution in [2.75, 3.05) is 27.4 Å². The summed E-state index contributed by atoms with van der Waals surface area (Å²) in [6.45, 7) is -1.68. The van der Waals surface area contributed by atoms with E-state index in [0.29, 0.717) is 0 Å². The number of hydrogen-bond acceptors (Lipinski definition) is 16. The molecule has 2 aliphatic heterocycles. The molecule has 2 aromatic rings. The van der Waals surface area contributed by atoms with Gasteiger partial charge in [-0.05, 0) is 30.3 Å². The van der Waals surface area contributed by atoms with Crippen molar-refractivity contribution in [2.24, 2.45) is 0 Å². The summed E-state index contributed by atoms with van der Waals surface area (Å²) in [7, 11) is 2.74. The predicted octanol–water partition coefficient (Wildman–Crippen LogP) is -2.23. The number of rotatable bonds is 11. The quantitative estimate of drug-likeness (QED) is 0.123. The Kier molecular flexibility index (Phi) is 11.2. The molecule has 2 fully saturated rings. The van der Waals surface area contributed by atoms with Crippen LogP contribution in [0.1, 0.15) is 15.9 Å². The molecule has 2 heterocycles. The highest BCUT2D eigenvalue weighted by molar-refractivity contribution is 5.95. The first kappa shape index (κ1) is 33.6. The number of phenolic OH excluding ortho intramolecular Hbond substituents is 1.